The van der Waals surface area contributed by atoms with Crippen LogP contribution in [0.15, 0.2) is 59.6 Å². The molecule has 2 aromatic carbocycles. The number of aliphatic imine (C=N–C) groups is 1. The number of amides is 1. The van der Waals surface area contributed by atoms with Crippen LogP contribution < -0.4 is 15.5 Å². The molecule has 0 aromatic heterocycles. The standard InChI is InChI=1S/C22H29N5O/c1-3-23-22(26(2)16-19-7-5-4-6-8-19)25-15-18-9-11-20(12-10-18)27-14-13-24-21(28)17-27/h4-12H,3,13-17H2,1-2H3,(H,23,25)(H,24,28). The van der Waals surface area contributed by atoms with Gasteiger partial charge in [0, 0.05) is 38.9 Å². The number of piperazine rings is 1. The van der Waals surface area contributed by atoms with Gasteiger partial charge in [0.15, 0.2) is 5.96 Å². The lowest BCUT2D eigenvalue weighted by molar-refractivity contribution is -0.120. The number of anilines is 1. The zero-order valence-electron chi connectivity index (χ0n) is 16.7. The normalized spacial score (nSPS) is 14.6. The Balaban J connectivity index is 1.63. The largest absolute Gasteiger partial charge is 0.360 e. The molecule has 1 amide bonds. The van der Waals surface area contributed by atoms with Crippen molar-refractivity contribution in [3.63, 3.8) is 0 Å². The van der Waals surface area contributed by atoms with Crippen molar-refractivity contribution < 1.29 is 4.79 Å². The van der Waals surface area contributed by atoms with E-state index in [4.69, 9.17) is 4.99 Å². The molecule has 2 aromatic rings. The highest BCUT2D eigenvalue weighted by atomic mass is 16.2. The highest BCUT2D eigenvalue weighted by molar-refractivity contribution is 5.82. The molecular formula is C22H29N5O. The summed E-state index contributed by atoms with van der Waals surface area (Å²) in [4.78, 5) is 20.6. The summed E-state index contributed by atoms with van der Waals surface area (Å²) in [6.45, 7) is 6.29. The molecule has 6 nitrogen and oxygen atoms in total. The summed E-state index contributed by atoms with van der Waals surface area (Å²) in [7, 11) is 2.05. The SMILES string of the molecule is CCNC(=NCc1ccc(N2CCNC(=O)C2)cc1)N(C)Cc1ccccc1. The summed E-state index contributed by atoms with van der Waals surface area (Å²) in [5, 5.41) is 6.22. The Hall–Kier alpha value is -3.02. The second kappa shape index (κ2) is 9.78. The Morgan fingerprint density at radius 3 is 2.57 bits per heavy atom. The van der Waals surface area contributed by atoms with E-state index in [9.17, 15) is 4.79 Å². The molecular weight excluding hydrogens is 350 g/mol. The van der Waals surface area contributed by atoms with Crippen LogP contribution in [0.3, 0.4) is 0 Å². The van der Waals surface area contributed by atoms with Crippen LogP contribution in [0.5, 0.6) is 0 Å². The van der Waals surface area contributed by atoms with Crippen LogP contribution >= 0.6 is 0 Å². The van der Waals surface area contributed by atoms with Gasteiger partial charge in [0.05, 0.1) is 13.1 Å². The average Bonchev–Trinajstić information content (AvgIpc) is 2.72. The quantitative estimate of drug-likeness (QED) is 0.597. The first-order valence-corrected chi connectivity index (χ1v) is 9.79. The van der Waals surface area contributed by atoms with Crippen molar-refractivity contribution in [1.29, 1.82) is 0 Å². The molecule has 0 unspecified atom stereocenters. The zero-order chi connectivity index (χ0) is 19.8. The summed E-state index contributed by atoms with van der Waals surface area (Å²) in [6.07, 6.45) is 0. The fourth-order valence-electron chi connectivity index (χ4n) is 3.24. The van der Waals surface area contributed by atoms with Crippen molar-refractivity contribution in [1.82, 2.24) is 15.5 Å². The van der Waals surface area contributed by atoms with Gasteiger partial charge in [-0.1, -0.05) is 42.5 Å². The number of nitrogens with one attached hydrogen (secondary N) is 2. The van der Waals surface area contributed by atoms with Crippen LogP contribution in [0.2, 0.25) is 0 Å². The highest BCUT2D eigenvalue weighted by Gasteiger charge is 2.16. The van der Waals surface area contributed by atoms with E-state index in [2.05, 4.69) is 82.9 Å². The van der Waals surface area contributed by atoms with E-state index in [0.717, 1.165) is 36.8 Å². The van der Waals surface area contributed by atoms with Crippen LogP contribution in [0.1, 0.15) is 18.1 Å². The lowest BCUT2D eigenvalue weighted by Crippen LogP contribution is -2.47. The molecule has 1 fully saturated rings. The van der Waals surface area contributed by atoms with Crippen LogP contribution in [0.25, 0.3) is 0 Å². The fraction of sp³-hybridized carbons (Fsp3) is 0.364. The van der Waals surface area contributed by atoms with E-state index >= 15 is 0 Å². The van der Waals surface area contributed by atoms with Crippen molar-refractivity contribution in [3.05, 3.63) is 65.7 Å². The van der Waals surface area contributed by atoms with Crippen molar-refractivity contribution in [2.75, 3.05) is 38.1 Å². The van der Waals surface area contributed by atoms with Gasteiger partial charge in [0.2, 0.25) is 5.91 Å². The predicted molar refractivity (Wildman–Crippen MR) is 114 cm³/mol. The smallest absolute Gasteiger partial charge is 0.239 e. The van der Waals surface area contributed by atoms with Gasteiger partial charge in [-0.2, -0.15) is 0 Å². The third-order valence-corrected chi connectivity index (χ3v) is 4.71. The van der Waals surface area contributed by atoms with Crippen LogP contribution in [0, 0.1) is 0 Å². The Labute approximate surface area is 167 Å². The maximum Gasteiger partial charge on any atom is 0.239 e. The van der Waals surface area contributed by atoms with E-state index < -0.39 is 0 Å². The second-order valence-corrected chi connectivity index (χ2v) is 6.95. The third-order valence-electron chi connectivity index (χ3n) is 4.71. The Morgan fingerprint density at radius 1 is 1.14 bits per heavy atom. The molecule has 28 heavy (non-hydrogen) atoms. The minimum atomic E-state index is 0.0802. The summed E-state index contributed by atoms with van der Waals surface area (Å²) in [6, 6.07) is 18.7. The molecule has 1 aliphatic rings. The molecule has 6 heteroatoms. The van der Waals surface area contributed by atoms with Crippen LogP contribution in [-0.2, 0) is 17.9 Å². The molecule has 3 rings (SSSR count). The number of benzene rings is 2. The van der Waals surface area contributed by atoms with Gasteiger partial charge < -0.3 is 20.4 Å². The van der Waals surface area contributed by atoms with Gasteiger partial charge in [-0.15, -0.1) is 0 Å². The first-order valence-electron chi connectivity index (χ1n) is 9.79. The lowest BCUT2D eigenvalue weighted by Gasteiger charge is -2.28. The number of rotatable bonds is 6. The lowest BCUT2D eigenvalue weighted by atomic mass is 10.2. The summed E-state index contributed by atoms with van der Waals surface area (Å²) in [5.41, 5.74) is 3.48. The van der Waals surface area contributed by atoms with Crippen LogP contribution in [0.4, 0.5) is 5.69 Å². The van der Waals surface area contributed by atoms with E-state index in [1.807, 2.05) is 6.07 Å². The number of carbonyl (C=O) groups is 1. The molecule has 0 spiro atoms. The van der Waals surface area contributed by atoms with Gasteiger partial charge in [-0.3, -0.25) is 4.79 Å². The molecule has 0 bridgehead atoms. The molecule has 1 heterocycles. The third kappa shape index (κ3) is 5.49. The summed E-state index contributed by atoms with van der Waals surface area (Å²) in [5.74, 6) is 0.972. The van der Waals surface area contributed by atoms with Gasteiger partial charge in [-0.05, 0) is 30.2 Å². The maximum atomic E-state index is 11.6. The Kier molecular flexibility index (Phi) is 6.89. The first-order chi connectivity index (χ1) is 13.7. The minimum Gasteiger partial charge on any atom is -0.360 e. The van der Waals surface area contributed by atoms with Crippen molar-refractivity contribution in [2.45, 2.75) is 20.0 Å². The first kappa shape index (κ1) is 19.7. The average molecular weight is 380 g/mol. The Bertz CT molecular complexity index is 788. The van der Waals surface area contributed by atoms with Gasteiger partial charge in [-0.25, -0.2) is 4.99 Å². The molecule has 0 aliphatic carbocycles. The highest BCUT2D eigenvalue weighted by Crippen LogP contribution is 2.16. The molecule has 1 aliphatic heterocycles. The van der Waals surface area contributed by atoms with E-state index in [1.54, 1.807) is 0 Å². The van der Waals surface area contributed by atoms with Gasteiger partial charge in [0.1, 0.15) is 0 Å². The Morgan fingerprint density at radius 2 is 1.89 bits per heavy atom. The molecule has 0 radical (unpaired) electrons. The number of nitrogens with zero attached hydrogens (tertiary/aromatic N) is 3. The van der Waals surface area contributed by atoms with Gasteiger partial charge >= 0.3 is 0 Å². The predicted octanol–water partition coefficient (Wildman–Crippen LogP) is 2.22. The monoisotopic (exact) mass is 379 g/mol. The van der Waals surface area contributed by atoms with Crippen molar-refractivity contribution in [3.8, 4) is 0 Å². The molecule has 2 N–H and O–H groups in total. The fourth-order valence-corrected chi connectivity index (χ4v) is 3.24. The molecule has 148 valence electrons. The van der Waals surface area contributed by atoms with Crippen molar-refractivity contribution in [2.24, 2.45) is 4.99 Å². The minimum absolute atomic E-state index is 0.0802. The topological polar surface area (TPSA) is 60.0 Å². The van der Waals surface area contributed by atoms with E-state index in [0.29, 0.717) is 19.6 Å². The summed E-state index contributed by atoms with van der Waals surface area (Å²) < 4.78 is 0. The van der Waals surface area contributed by atoms with Crippen LogP contribution in [-0.4, -0.2) is 50.0 Å². The summed E-state index contributed by atoms with van der Waals surface area (Å²) >= 11 is 0. The number of carbonyl (C=O) groups excluding carboxylic acids is 1. The molecule has 0 atom stereocenters. The number of hydrogen-bond donors (Lipinski definition) is 2. The number of hydrogen-bond acceptors (Lipinski definition) is 3. The van der Waals surface area contributed by atoms with Crippen molar-refractivity contribution >= 4 is 17.6 Å². The van der Waals surface area contributed by atoms with E-state index in [1.165, 1.54) is 5.56 Å². The zero-order valence-corrected chi connectivity index (χ0v) is 16.7. The molecule has 0 saturated carbocycles. The van der Waals surface area contributed by atoms with Gasteiger partial charge in [0.25, 0.3) is 0 Å². The molecule has 1 saturated heterocycles. The number of guanidine groups is 1. The second-order valence-electron chi connectivity index (χ2n) is 6.95. The maximum absolute atomic E-state index is 11.6. The van der Waals surface area contributed by atoms with E-state index in [-0.39, 0.29) is 5.91 Å².